The Balaban J connectivity index is 1.93. The molecule has 2 aliphatic heterocycles. The van der Waals surface area contributed by atoms with Crippen molar-refractivity contribution < 1.29 is 19.1 Å². The average molecular weight is 272 g/mol. The highest BCUT2D eigenvalue weighted by Crippen LogP contribution is 2.31. The Labute approximate surface area is 109 Å². The molecule has 0 aromatic carbocycles. The lowest BCUT2D eigenvalue weighted by atomic mass is 10.2. The van der Waals surface area contributed by atoms with Crippen LogP contribution in [-0.2, 0) is 19.1 Å². The molecule has 18 heavy (non-hydrogen) atoms. The fourth-order valence-corrected chi connectivity index (χ4v) is 3.45. The molecule has 6 nitrogen and oxygen atoms in total. The van der Waals surface area contributed by atoms with E-state index in [1.807, 2.05) is 4.90 Å². The van der Waals surface area contributed by atoms with Crippen LogP contribution in [0.2, 0.25) is 0 Å². The first-order valence-corrected chi connectivity index (χ1v) is 6.89. The summed E-state index contributed by atoms with van der Waals surface area (Å²) in [5.41, 5.74) is 0. The third kappa shape index (κ3) is 2.67. The highest BCUT2D eigenvalue weighted by Gasteiger charge is 2.42. The van der Waals surface area contributed by atoms with Crippen molar-refractivity contribution >= 4 is 28.8 Å². The fraction of sp³-hybridized carbons (Fsp3) is 0.727. The Morgan fingerprint density at radius 3 is 3.06 bits per heavy atom. The van der Waals surface area contributed by atoms with Crippen LogP contribution in [0.1, 0.15) is 12.8 Å². The molecule has 2 atom stereocenters. The maximum Gasteiger partial charge on any atom is 0.325 e. The van der Waals surface area contributed by atoms with Crippen molar-refractivity contribution in [3.05, 3.63) is 0 Å². The zero-order valence-electron chi connectivity index (χ0n) is 10.2. The molecule has 2 saturated heterocycles. The maximum absolute atomic E-state index is 12.0. The Bertz CT molecular complexity index is 374. The molecule has 2 aliphatic rings. The van der Waals surface area contributed by atoms with E-state index in [0.717, 1.165) is 19.4 Å². The molecule has 0 aromatic heterocycles. The predicted molar refractivity (Wildman–Crippen MR) is 66.0 cm³/mol. The number of amides is 1. The van der Waals surface area contributed by atoms with Crippen LogP contribution < -0.4 is 5.32 Å². The van der Waals surface area contributed by atoms with Crippen molar-refractivity contribution in [3.63, 3.8) is 0 Å². The quantitative estimate of drug-likeness (QED) is 0.690. The molecule has 100 valence electrons. The summed E-state index contributed by atoms with van der Waals surface area (Å²) in [4.78, 5) is 36.6. The molecule has 1 N–H and O–H groups in total. The van der Waals surface area contributed by atoms with E-state index < -0.39 is 5.97 Å². The monoisotopic (exact) mass is 272 g/mol. The number of esters is 1. The van der Waals surface area contributed by atoms with Crippen LogP contribution in [0, 0.1) is 0 Å². The van der Waals surface area contributed by atoms with Crippen LogP contribution in [-0.4, -0.2) is 59.9 Å². The molecule has 0 spiro atoms. The van der Waals surface area contributed by atoms with Gasteiger partial charge in [0.1, 0.15) is 6.54 Å². The van der Waals surface area contributed by atoms with E-state index in [9.17, 15) is 14.4 Å². The van der Waals surface area contributed by atoms with E-state index in [4.69, 9.17) is 0 Å². The van der Waals surface area contributed by atoms with Gasteiger partial charge in [-0.05, 0) is 19.4 Å². The normalized spacial score (nSPS) is 27.7. The largest absolute Gasteiger partial charge is 0.468 e. The summed E-state index contributed by atoms with van der Waals surface area (Å²) in [7, 11) is 1.28. The van der Waals surface area contributed by atoms with Gasteiger partial charge in [-0.15, -0.1) is 0 Å². The van der Waals surface area contributed by atoms with Gasteiger partial charge in [-0.2, -0.15) is 0 Å². The van der Waals surface area contributed by atoms with E-state index in [-0.39, 0.29) is 29.7 Å². The van der Waals surface area contributed by atoms with Crippen molar-refractivity contribution in [1.82, 2.24) is 10.2 Å². The van der Waals surface area contributed by atoms with Crippen molar-refractivity contribution in [1.29, 1.82) is 0 Å². The molecule has 2 unspecified atom stereocenters. The van der Waals surface area contributed by atoms with Gasteiger partial charge in [0.25, 0.3) is 0 Å². The highest BCUT2D eigenvalue weighted by molar-refractivity contribution is 8.13. The SMILES string of the molecule is COC(=O)CNC(=O)C1CSC(=O)C2CCCN12. The summed E-state index contributed by atoms with van der Waals surface area (Å²) in [6, 6.07) is -0.442. The van der Waals surface area contributed by atoms with Crippen LogP contribution in [0.25, 0.3) is 0 Å². The molecule has 2 rings (SSSR count). The Morgan fingerprint density at radius 2 is 2.33 bits per heavy atom. The summed E-state index contributed by atoms with van der Waals surface area (Å²) in [6.07, 6.45) is 1.77. The van der Waals surface area contributed by atoms with Gasteiger partial charge in [-0.25, -0.2) is 0 Å². The number of hydrogen-bond donors (Lipinski definition) is 1. The van der Waals surface area contributed by atoms with Gasteiger partial charge >= 0.3 is 5.97 Å². The Morgan fingerprint density at radius 1 is 1.56 bits per heavy atom. The third-order valence-electron chi connectivity index (χ3n) is 3.29. The average Bonchev–Trinajstić information content (AvgIpc) is 2.86. The number of thioether (sulfide) groups is 1. The number of ether oxygens (including phenoxy) is 1. The molecule has 2 heterocycles. The number of hydrogen-bond acceptors (Lipinski definition) is 6. The number of carbonyl (C=O) groups is 3. The van der Waals surface area contributed by atoms with E-state index in [1.54, 1.807) is 0 Å². The zero-order valence-corrected chi connectivity index (χ0v) is 11.0. The van der Waals surface area contributed by atoms with Crippen LogP contribution in [0.5, 0.6) is 0 Å². The summed E-state index contributed by atoms with van der Waals surface area (Å²) in [5.74, 6) is -0.212. The van der Waals surface area contributed by atoms with Gasteiger partial charge in [0.05, 0.1) is 19.2 Å². The van der Waals surface area contributed by atoms with Crippen molar-refractivity contribution in [2.24, 2.45) is 0 Å². The van der Waals surface area contributed by atoms with Gasteiger partial charge in [0, 0.05) is 5.75 Å². The summed E-state index contributed by atoms with van der Waals surface area (Å²) in [5, 5.41) is 2.71. The smallest absolute Gasteiger partial charge is 0.325 e. The van der Waals surface area contributed by atoms with Gasteiger partial charge in [0.15, 0.2) is 0 Å². The Hall–Kier alpha value is -1.08. The van der Waals surface area contributed by atoms with Crippen LogP contribution in [0.15, 0.2) is 0 Å². The lowest BCUT2D eigenvalue weighted by molar-refractivity contribution is -0.142. The minimum atomic E-state index is -0.471. The second-order valence-corrected chi connectivity index (χ2v) is 5.36. The number of rotatable bonds is 3. The number of fused-ring (bicyclic) bond motifs is 1. The molecule has 0 aromatic rings. The van der Waals surface area contributed by atoms with Crippen LogP contribution in [0.4, 0.5) is 0 Å². The molecule has 0 radical (unpaired) electrons. The minimum Gasteiger partial charge on any atom is -0.468 e. The third-order valence-corrected chi connectivity index (χ3v) is 4.33. The second-order valence-electron chi connectivity index (χ2n) is 4.34. The predicted octanol–water partition coefficient (Wildman–Crippen LogP) is -0.618. The van der Waals surface area contributed by atoms with Gasteiger partial charge in [-0.1, -0.05) is 11.8 Å². The summed E-state index contributed by atoms with van der Waals surface area (Å²) < 4.78 is 4.47. The first-order chi connectivity index (χ1) is 8.63. The van der Waals surface area contributed by atoms with E-state index in [0.29, 0.717) is 5.75 Å². The summed E-state index contributed by atoms with van der Waals surface area (Å²) >= 11 is 1.21. The fourth-order valence-electron chi connectivity index (χ4n) is 2.34. The molecule has 0 saturated carbocycles. The lowest BCUT2D eigenvalue weighted by Gasteiger charge is -2.34. The Kier molecular flexibility index (Phi) is 4.23. The standard InChI is InChI=1S/C11H16N2O4S/c1-17-9(14)5-12-10(15)8-6-18-11(16)7-3-2-4-13(7)8/h7-8H,2-6H2,1H3,(H,12,15). The van der Waals surface area contributed by atoms with Crippen LogP contribution >= 0.6 is 11.8 Å². The zero-order chi connectivity index (χ0) is 13.1. The number of nitrogens with zero attached hydrogens (tertiary/aromatic N) is 1. The van der Waals surface area contributed by atoms with Crippen LogP contribution in [0.3, 0.4) is 0 Å². The molecule has 7 heteroatoms. The second kappa shape index (κ2) is 5.71. The van der Waals surface area contributed by atoms with E-state index >= 15 is 0 Å². The minimum absolute atomic E-state index is 0.122. The molecule has 0 bridgehead atoms. The van der Waals surface area contributed by atoms with Crippen molar-refractivity contribution in [2.75, 3.05) is 26.0 Å². The molecule has 2 fully saturated rings. The van der Waals surface area contributed by atoms with E-state index in [1.165, 1.54) is 18.9 Å². The molecular formula is C11H16N2O4S. The molecule has 0 aliphatic carbocycles. The topological polar surface area (TPSA) is 75.7 Å². The number of carbonyl (C=O) groups excluding carboxylic acids is 3. The lowest BCUT2D eigenvalue weighted by Crippen LogP contribution is -2.55. The van der Waals surface area contributed by atoms with Gasteiger partial charge in [-0.3, -0.25) is 19.3 Å². The van der Waals surface area contributed by atoms with Gasteiger partial charge in [0.2, 0.25) is 11.0 Å². The molecular weight excluding hydrogens is 256 g/mol. The first kappa shape index (κ1) is 13.4. The molecule has 1 amide bonds. The maximum atomic E-state index is 12.0. The number of methoxy groups -OCH3 is 1. The first-order valence-electron chi connectivity index (χ1n) is 5.90. The van der Waals surface area contributed by atoms with E-state index in [2.05, 4.69) is 10.1 Å². The van der Waals surface area contributed by atoms with Crippen molar-refractivity contribution in [2.45, 2.75) is 24.9 Å². The number of nitrogens with one attached hydrogen (secondary N) is 1. The highest BCUT2D eigenvalue weighted by atomic mass is 32.2. The van der Waals surface area contributed by atoms with Gasteiger partial charge < -0.3 is 10.1 Å². The summed E-state index contributed by atoms with van der Waals surface area (Å²) in [6.45, 7) is 0.649. The van der Waals surface area contributed by atoms with Crippen molar-refractivity contribution in [3.8, 4) is 0 Å².